The minimum Gasteiger partial charge on any atom is -0.328 e. The van der Waals surface area contributed by atoms with Crippen molar-refractivity contribution in [3.05, 3.63) is 65.5 Å². The third kappa shape index (κ3) is 2.72. The van der Waals surface area contributed by atoms with Crippen LogP contribution in [0.1, 0.15) is 35.1 Å². The quantitative estimate of drug-likeness (QED) is 0.664. The normalized spacial score (nSPS) is 10.9. The smallest absolute Gasteiger partial charge is 0.150 e. The number of aryl methyl sites for hydroxylation is 1. The molecule has 3 nitrogen and oxygen atoms in total. The topological polar surface area (TPSA) is 34.9 Å². The average molecular weight is 278 g/mol. The molecule has 2 aromatic carbocycles. The van der Waals surface area contributed by atoms with Crippen LogP contribution in [-0.2, 0) is 13.0 Å². The monoisotopic (exact) mass is 278 g/mol. The highest BCUT2D eigenvalue weighted by atomic mass is 16.1. The molecule has 0 fully saturated rings. The van der Waals surface area contributed by atoms with Crippen LogP contribution in [0, 0.1) is 0 Å². The van der Waals surface area contributed by atoms with Gasteiger partial charge in [0.15, 0.2) is 0 Å². The number of para-hydroxylation sites is 2. The Morgan fingerprint density at radius 1 is 1.14 bits per heavy atom. The van der Waals surface area contributed by atoms with E-state index in [1.165, 1.54) is 5.52 Å². The van der Waals surface area contributed by atoms with Gasteiger partial charge in [0, 0.05) is 18.5 Å². The Hall–Kier alpha value is -2.42. The van der Waals surface area contributed by atoms with E-state index in [1.54, 1.807) is 0 Å². The van der Waals surface area contributed by atoms with E-state index in [0.717, 1.165) is 42.6 Å². The lowest BCUT2D eigenvalue weighted by Gasteiger charge is -2.08. The van der Waals surface area contributed by atoms with Crippen molar-refractivity contribution in [1.82, 2.24) is 9.55 Å². The Bertz CT molecular complexity index is 774. The van der Waals surface area contributed by atoms with E-state index in [4.69, 9.17) is 4.98 Å². The van der Waals surface area contributed by atoms with Crippen molar-refractivity contribution in [2.24, 2.45) is 0 Å². The highest BCUT2D eigenvalue weighted by Gasteiger charge is 2.10. The van der Waals surface area contributed by atoms with E-state index >= 15 is 0 Å². The molecule has 0 aliphatic heterocycles. The summed E-state index contributed by atoms with van der Waals surface area (Å²) in [4.78, 5) is 15.7. The van der Waals surface area contributed by atoms with Crippen molar-refractivity contribution in [3.63, 3.8) is 0 Å². The lowest BCUT2D eigenvalue weighted by atomic mass is 10.1. The third-order valence-electron chi connectivity index (χ3n) is 3.63. The Morgan fingerprint density at radius 3 is 2.81 bits per heavy atom. The highest BCUT2D eigenvalue weighted by molar-refractivity contribution is 5.76. The Balaban J connectivity index is 2.02. The van der Waals surface area contributed by atoms with Gasteiger partial charge in [0.2, 0.25) is 0 Å². The fourth-order valence-electron chi connectivity index (χ4n) is 2.69. The molecule has 3 rings (SSSR count). The summed E-state index contributed by atoms with van der Waals surface area (Å²) in [5.74, 6) is 1.06. The lowest BCUT2D eigenvalue weighted by Crippen LogP contribution is -2.04. The largest absolute Gasteiger partial charge is 0.328 e. The fraction of sp³-hybridized carbons (Fsp3) is 0.222. The van der Waals surface area contributed by atoms with E-state index in [9.17, 15) is 4.79 Å². The molecule has 0 atom stereocenters. The molecule has 0 N–H and O–H groups in total. The van der Waals surface area contributed by atoms with Gasteiger partial charge in [-0.1, -0.05) is 37.3 Å². The van der Waals surface area contributed by atoms with E-state index in [-0.39, 0.29) is 0 Å². The first-order chi connectivity index (χ1) is 10.3. The van der Waals surface area contributed by atoms with Gasteiger partial charge in [0.05, 0.1) is 11.0 Å². The van der Waals surface area contributed by atoms with Crippen molar-refractivity contribution in [1.29, 1.82) is 0 Å². The van der Waals surface area contributed by atoms with Gasteiger partial charge in [-0.15, -0.1) is 0 Å². The molecule has 3 aromatic rings. The number of benzene rings is 2. The van der Waals surface area contributed by atoms with E-state index in [0.29, 0.717) is 5.56 Å². The summed E-state index contributed by atoms with van der Waals surface area (Å²) in [6, 6.07) is 16.0. The van der Waals surface area contributed by atoms with Crippen molar-refractivity contribution in [3.8, 4) is 0 Å². The van der Waals surface area contributed by atoms with Crippen LogP contribution in [-0.4, -0.2) is 15.8 Å². The molecule has 0 spiro atoms. The van der Waals surface area contributed by atoms with E-state index in [1.807, 2.05) is 42.5 Å². The van der Waals surface area contributed by atoms with Crippen LogP contribution in [0.25, 0.3) is 11.0 Å². The summed E-state index contributed by atoms with van der Waals surface area (Å²) < 4.78 is 2.28. The summed E-state index contributed by atoms with van der Waals surface area (Å²) in [5, 5.41) is 0. The molecule has 0 aliphatic rings. The summed E-state index contributed by atoms with van der Waals surface area (Å²) in [5.41, 5.74) is 4.05. The van der Waals surface area contributed by atoms with Crippen molar-refractivity contribution in [2.45, 2.75) is 26.3 Å². The lowest BCUT2D eigenvalue weighted by molar-refractivity contribution is 0.112. The van der Waals surface area contributed by atoms with Crippen LogP contribution in [0.2, 0.25) is 0 Å². The molecule has 0 saturated heterocycles. The minimum atomic E-state index is 0.714. The zero-order valence-corrected chi connectivity index (χ0v) is 12.1. The van der Waals surface area contributed by atoms with Crippen molar-refractivity contribution < 1.29 is 4.79 Å². The number of hydrogen-bond donors (Lipinski definition) is 0. The second-order valence-electron chi connectivity index (χ2n) is 5.21. The molecule has 0 bridgehead atoms. The standard InChI is InChI=1S/C18H18N2O/c1-2-10-20-17-9-4-3-8-16(17)19-18(20)12-14-6-5-7-15(11-14)13-21/h3-9,11,13H,2,10,12H2,1H3. The van der Waals surface area contributed by atoms with Crippen LogP contribution in [0.4, 0.5) is 0 Å². The summed E-state index contributed by atoms with van der Waals surface area (Å²) >= 11 is 0. The summed E-state index contributed by atoms with van der Waals surface area (Å²) in [6.45, 7) is 3.13. The van der Waals surface area contributed by atoms with Gasteiger partial charge < -0.3 is 4.57 Å². The molecule has 1 aromatic heterocycles. The van der Waals surface area contributed by atoms with Gasteiger partial charge in [0.25, 0.3) is 0 Å². The van der Waals surface area contributed by atoms with Gasteiger partial charge in [-0.05, 0) is 30.2 Å². The first kappa shape index (κ1) is 13.6. The zero-order chi connectivity index (χ0) is 14.7. The predicted molar refractivity (Wildman–Crippen MR) is 84.7 cm³/mol. The molecule has 0 radical (unpaired) electrons. The van der Waals surface area contributed by atoms with Gasteiger partial charge >= 0.3 is 0 Å². The number of fused-ring (bicyclic) bond motifs is 1. The number of aldehydes is 1. The van der Waals surface area contributed by atoms with Gasteiger partial charge in [-0.25, -0.2) is 4.98 Å². The molecule has 21 heavy (non-hydrogen) atoms. The maximum atomic E-state index is 10.9. The number of imidazole rings is 1. The number of aromatic nitrogens is 2. The van der Waals surface area contributed by atoms with Crippen molar-refractivity contribution >= 4 is 17.3 Å². The van der Waals surface area contributed by atoms with Crippen molar-refractivity contribution in [2.75, 3.05) is 0 Å². The SMILES string of the molecule is CCCn1c(Cc2cccc(C=O)c2)nc2ccccc21. The minimum absolute atomic E-state index is 0.714. The van der Waals surface area contributed by atoms with Crippen LogP contribution in [0.15, 0.2) is 48.5 Å². The van der Waals surface area contributed by atoms with Gasteiger partial charge in [-0.2, -0.15) is 0 Å². The maximum Gasteiger partial charge on any atom is 0.150 e. The number of carbonyl (C=O) groups is 1. The molecule has 3 heteroatoms. The van der Waals surface area contributed by atoms with Crippen LogP contribution in [0.5, 0.6) is 0 Å². The molecular formula is C18H18N2O. The van der Waals surface area contributed by atoms with Crippen LogP contribution in [0.3, 0.4) is 0 Å². The Kier molecular flexibility index (Phi) is 3.82. The van der Waals surface area contributed by atoms with Gasteiger partial charge in [-0.3, -0.25) is 4.79 Å². The molecule has 1 heterocycles. The predicted octanol–water partition coefficient (Wildman–Crippen LogP) is 3.85. The first-order valence-corrected chi connectivity index (χ1v) is 7.30. The molecule has 0 amide bonds. The molecule has 0 unspecified atom stereocenters. The summed E-state index contributed by atoms with van der Waals surface area (Å²) in [7, 11) is 0. The number of rotatable bonds is 5. The Labute approximate surface area is 124 Å². The van der Waals surface area contributed by atoms with E-state index in [2.05, 4.69) is 17.6 Å². The van der Waals surface area contributed by atoms with Crippen LogP contribution >= 0.6 is 0 Å². The number of carbonyl (C=O) groups excluding carboxylic acids is 1. The average Bonchev–Trinajstić information content (AvgIpc) is 2.86. The van der Waals surface area contributed by atoms with Crippen LogP contribution < -0.4 is 0 Å². The third-order valence-corrected chi connectivity index (χ3v) is 3.63. The first-order valence-electron chi connectivity index (χ1n) is 7.30. The second kappa shape index (κ2) is 5.92. The molecule has 106 valence electrons. The second-order valence-corrected chi connectivity index (χ2v) is 5.21. The highest BCUT2D eigenvalue weighted by Crippen LogP contribution is 2.19. The van der Waals surface area contributed by atoms with E-state index < -0.39 is 0 Å². The molecular weight excluding hydrogens is 260 g/mol. The molecule has 0 aliphatic carbocycles. The number of nitrogens with zero attached hydrogens (tertiary/aromatic N) is 2. The molecule has 0 saturated carbocycles. The fourth-order valence-corrected chi connectivity index (χ4v) is 2.69. The Morgan fingerprint density at radius 2 is 2.00 bits per heavy atom. The van der Waals surface area contributed by atoms with Gasteiger partial charge in [0.1, 0.15) is 12.1 Å². The summed E-state index contributed by atoms with van der Waals surface area (Å²) in [6.07, 6.45) is 2.70. The zero-order valence-electron chi connectivity index (χ0n) is 12.1. The number of hydrogen-bond acceptors (Lipinski definition) is 2. The maximum absolute atomic E-state index is 10.9.